The van der Waals surface area contributed by atoms with Crippen molar-refractivity contribution in [3.05, 3.63) is 95.0 Å². The summed E-state index contributed by atoms with van der Waals surface area (Å²) in [4.78, 5) is 18.3. The van der Waals surface area contributed by atoms with Crippen LogP contribution in [-0.2, 0) is 10.0 Å². The van der Waals surface area contributed by atoms with Crippen molar-refractivity contribution in [3.8, 4) is 16.8 Å². The van der Waals surface area contributed by atoms with Crippen molar-refractivity contribution in [2.75, 3.05) is 0 Å². The summed E-state index contributed by atoms with van der Waals surface area (Å²) in [6, 6.07) is 20.5. The molecule has 8 nitrogen and oxygen atoms in total. The highest BCUT2D eigenvalue weighted by molar-refractivity contribution is 7.89. The Morgan fingerprint density at radius 3 is 2.40 bits per heavy atom. The molecule has 0 saturated heterocycles. The van der Waals surface area contributed by atoms with Gasteiger partial charge in [-0.15, -0.1) is 0 Å². The third kappa shape index (κ3) is 4.14. The Morgan fingerprint density at radius 1 is 0.971 bits per heavy atom. The molecule has 0 amide bonds. The number of hydrogen-bond donors (Lipinski definition) is 1. The summed E-state index contributed by atoms with van der Waals surface area (Å²) < 4.78 is 27.2. The fourth-order valence-electron chi connectivity index (χ4n) is 4.12. The molecule has 5 rings (SSSR count). The van der Waals surface area contributed by atoms with E-state index in [9.17, 15) is 13.2 Å². The van der Waals surface area contributed by atoms with E-state index in [1.807, 2.05) is 6.92 Å². The molecule has 10 heteroatoms. The maximum absolute atomic E-state index is 13.7. The van der Waals surface area contributed by atoms with Crippen molar-refractivity contribution >= 4 is 38.6 Å². The van der Waals surface area contributed by atoms with E-state index < -0.39 is 10.0 Å². The highest BCUT2D eigenvalue weighted by Gasteiger charge is 2.22. The molecule has 176 valence electrons. The minimum absolute atomic E-state index is 0.0222. The van der Waals surface area contributed by atoms with Crippen molar-refractivity contribution in [1.29, 1.82) is 0 Å². The number of carbonyl (C=O) groups is 1. The lowest BCUT2D eigenvalue weighted by Crippen LogP contribution is -2.18. The average Bonchev–Trinajstić information content (AvgIpc) is 3.37. The van der Waals surface area contributed by atoms with Crippen LogP contribution in [0.15, 0.2) is 77.7 Å². The van der Waals surface area contributed by atoms with Crippen LogP contribution in [0, 0.1) is 13.8 Å². The van der Waals surface area contributed by atoms with Gasteiger partial charge in [-0.05, 0) is 67.9 Å². The average molecular weight is 506 g/mol. The number of aryl methyl sites for hydroxylation is 2. The summed E-state index contributed by atoms with van der Waals surface area (Å²) in [5, 5.41) is 10.5. The van der Waals surface area contributed by atoms with Gasteiger partial charge in [-0.2, -0.15) is 5.10 Å². The van der Waals surface area contributed by atoms with E-state index in [4.69, 9.17) is 16.7 Å². The van der Waals surface area contributed by atoms with Gasteiger partial charge in [-0.1, -0.05) is 35.9 Å². The van der Waals surface area contributed by atoms with E-state index in [0.717, 1.165) is 0 Å². The Bertz CT molecular complexity index is 1720. The molecule has 0 fully saturated rings. The van der Waals surface area contributed by atoms with Crippen LogP contribution in [-0.4, -0.2) is 33.7 Å². The molecule has 0 spiro atoms. The molecule has 0 radical (unpaired) electrons. The van der Waals surface area contributed by atoms with Gasteiger partial charge < -0.3 is 0 Å². The molecule has 2 N–H and O–H groups in total. The number of nitrogens with two attached hydrogens (primary N) is 1. The van der Waals surface area contributed by atoms with E-state index in [1.54, 1.807) is 78.3 Å². The Balaban J connectivity index is 1.62. The third-order valence-corrected chi connectivity index (χ3v) is 6.87. The van der Waals surface area contributed by atoms with Gasteiger partial charge in [0, 0.05) is 10.6 Å². The summed E-state index contributed by atoms with van der Waals surface area (Å²) in [7, 11) is -3.92. The summed E-state index contributed by atoms with van der Waals surface area (Å²) in [6.07, 6.45) is 0. The predicted octanol–water partition coefficient (Wildman–Crippen LogP) is 4.50. The number of halogens is 1. The van der Waals surface area contributed by atoms with Crippen LogP contribution in [0.5, 0.6) is 0 Å². The number of carbonyl (C=O) groups excluding carboxylic acids is 1. The second-order valence-electron chi connectivity index (χ2n) is 8.10. The predicted molar refractivity (Wildman–Crippen MR) is 134 cm³/mol. The molecule has 5 aromatic rings. The number of imidazole rings is 1. The monoisotopic (exact) mass is 505 g/mol. The standard InChI is InChI=1S/C25H20ClN5O3S/c1-15-13-23(31(29-15)19-10-8-18(26)9-11-19)25(32)30-16(2)28-21-14-17(7-12-22(21)30)20-5-3-4-6-24(20)35(27,33)34/h3-14H,1-2H3,(H2,27,33,34). The SMILES string of the molecule is Cc1cc(C(=O)n2c(C)nc3cc(-c4ccccc4S(N)(=O)=O)ccc32)n(-c2ccc(Cl)cc2)n1. The first-order chi connectivity index (χ1) is 16.6. The molecule has 0 unspecified atom stereocenters. The zero-order chi connectivity index (χ0) is 24.9. The minimum Gasteiger partial charge on any atom is -0.266 e. The lowest BCUT2D eigenvalue weighted by Gasteiger charge is -2.10. The molecule has 0 aliphatic carbocycles. The zero-order valence-electron chi connectivity index (χ0n) is 18.8. The van der Waals surface area contributed by atoms with E-state index >= 15 is 0 Å². The van der Waals surface area contributed by atoms with E-state index in [2.05, 4.69) is 10.1 Å². The number of hydrogen-bond acceptors (Lipinski definition) is 5. The van der Waals surface area contributed by atoms with E-state index in [-0.39, 0.29) is 10.8 Å². The number of benzene rings is 3. The number of aromatic nitrogens is 4. The van der Waals surface area contributed by atoms with Gasteiger partial charge in [0.1, 0.15) is 11.5 Å². The molecule has 0 atom stereocenters. The fourth-order valence-corrected chi connectivity index (χ4v) is 5.01. The van der Waals surface area contributed by atoms with Crippen LogP contribution in [0.4, 0.5) is 0 Å². The van der Waals surface area contributed by atoms with Gasteiger partial charge in [-0.25, -0.2) is 23.2 Å². The quantitative estimate of drug-likeness (QED) is 0.386. The van der Waals surface area contributed by atoms with Crippen LogP contribution in [0.1, 0.15) is 22.0 Å². The van der Waals surface area contributed by atoms with Gasteiger partial charge in [0.05, 0.1) is 27.3 Å². The molecule has 0 saturated carbocycles. The molecular formula is C25H20ClN5O3S. The normalized spacial score (nSPS) is 11.8. The summed E-state index contributed by atoms with van der Waals surface area (Å²) in [5.41, 5.74) is 3.99. The lowest BCUT2D eigenvalue weighted by molar-refractivity contribution is 0.0954. The summed E-state index contributed by atoms with van der Waals surface area (Å²) in [5.74, 6) is 0.196. The Labute approximate surface area is 206 Å². The van der Waals surface area contributed by atoms with Crippen molar-refractivity contribution < 1.29 is 13.2 Å². The highest BCUT2D eigenvalue weighted by Crippen LogP contribution is 2.30. The van der Waals surface area contributed by atoms with Crippen molar-refractivity contribution in [2.24, 2.45) is 5.14 Å². The van der Waals surface area contributed by atoms with Crippen LogP contribution in [0.3, 0.4) is 0 Å². The molecule has 0 aliphatic rings. The maximum atomic E-state index is 13.7. The first-order valence-corrected chi connectivity index (χ1v) is 12.5. The van der Waals surface area contributed by atoms with Crippen molar-refractivity contribution in [1.82, 2.24) is 19.3 Å². The van der Waals surface area contributed by atoms with Gasteiger partial charge in [0.25, 0.3) is 5.91 Å². The molecule has 0 bridgehead atoms. The second-order valence-corrected chi connectivity index (χ2v) is 10.1. The Morgan fingerprint density at radius 2 is 1.69 bits per heavy atom. The number of rotatable bonds is 4. The van der Waals surface area contributed by atoms with Gasteiger partial charge in [0.2, 0.25) is 10.0 Å². The fraction of sp³-hybridized carbons (Fsp3) is 0.0800. The number of fused-ring (bicyclic) bond motifs is 1. The minimum atomic E-state index is -3.92. The maximum Gasteiger partial charge on any atom is 0.282 e. The number of nitrogens with zero attached hydrogens (tertiary/aromatic N) is 4. The van der Waals surface area contributed by atoms with E-state index in [0.29, 0.717) is 50.1 Å². The van der Waals surface area contributed by atoms with E-state index in [1.165, 1.54) is 10.6 Å². The Hall–Kier alpha value is -3.79. The topological polar surface area (TPSA) is 113 Å². The molecule has 35 heavy (non-hydrogen) atoms. The molecular weight excluding hydrogens is 486 g/mol. The molecule has 3 aromatic carbocycles. The van der Waals surface area contributed by atoms with Crippen molar-refractivity contribution in [2.45, 2.75) is 18.7 Å². The zero-order valence-corrected chi connectivity index (χ0v) is 20.4. The van der Waals surface area contributed by atoms with Gasteiger partial charge in [-0.3, -0.25) is 9.36 Å². The van der Waals surface area contributed by atoms with Crippen LogP contribution in [0.2, 0.25) is 5.02 Å². The summed E-state index contributed by atoms with van der Waals surface area (Å²) >= 11 is 6.02. The third-order valence-electron chi connectivity index (χ3n) is 5.65. The lowest BCUT2D eigenvalue weighted by atomic mass is 10.1. The molecule has 2 heterocycles. The van der Waals surface area contributed by atoms with Crippen molar-refractivity contribution in [3.63, 3.8) is 0 Å². The largest absolute Gasteiger partial charge is 0.282 e. The van der Waals surface area contributed by atoms with Gasteiger partial charge >= 0.3 is 0 Å². The smallest absolute Gasteiger partial charge is 0.266 e. The first-order valence-electron chi connectivity index (χ1n) is 10.6. The van der Waals surface area contributed by atoms with Crippen LogP contribution < -0.4 is 5.14 Å². The number of primary sulfonamides is 1. The van der Waals surface area contributed by atoms with Gasteiger partial charge in [0.15, 0.2) is 0 Å². The second kappa shape index (κ2) is 8.46. The van der Waals surface area contributed by atoms with Crippen LogP contribution in [0.25, 0.3) is 27.8 Å². The highest BCUT2D eigenvalue weighted by atomic mass is 35.5. The first kappa shape index (κ1) is 23.0. The molecule has 0 aliphatic heterocycles. The Kier molecular flexibility index (Phi) is 5.55. The number of sulfonamides is 1. The van der Waals surface area contributed by atoms with Crippen LogP contribution >= 0.6 is 11.6 Å². The summed E-state index contributed by atoms with van der Waals surface area (Å²) in [6.45, 7) is 3.56. The molecule has 2 aromatic heterocycles.